The van der Waals surface area contributed by atoms with Crippen molar-refractivity contribution < 1.29 is 0 Å². The third-order valence-corrected chi connectivity index (χ3v) is 4.61. The molecule has 0 aromatic carbocycles. The van der Waals surface area contributed by atoms with E-state index in [9.17, 15) is 0 Å². The monoisotopic (exact) mass is 246 g/mol. The number of nitrogens with two attached hydrogens (primary N) is 2. The number of hydrogen-bond acceptors (Lipinski definition) is 3. The highest BCUT2D eigenvalue weighted by Crippen LogP contribution is 2.35. The van der Waals surface area contributed by atoms with Gasteiger partial charge in [0.15, 0.2) is 0 Å². The van der Waals surface area contributed by atoms with Gasteiger partial charge in [-0.05, 0) is 43.0 Å². The van der Waals surface area contributed by atoms with Gasteiger partial charge in [-0.1, -0.05) is 25.4 Å². The van der Waals surface area contributed by atoms with Gasteiger partial charge in [0.1, 0.15) is 0 Å². The van der Waals surface area contributed by atoms with Gasteiger partial charge in [-0.3, -0.25) is 0 Å². The van der Waals surface area contributed by atoms with Crippen LogP contribution in [0.5, 0.6) is 0 Å². The fourth-order valence-electron chi connectivity index (χ4n) is 1.77. The molecule has 0 saturated carbocycles. The summed E-state index contributed by atoms with van der Waals surface area (Å²) in [4.78, 5) is 1.32. The van der Waals surface area contributed by atoms with Crippen LogP contribution in [-0.2, 0) is 0 Å². The maximum absolute atomic E-state index is 5.93. The number of thiophene rings is 1. The second kappa shape index (κ2) is 5.85. The molecule has 1 rings (SSSR count). The molecule has 0 saturated heterocycles. The fraction of sp³-hybridized carbons (Fsp3) is 0.636. The van der Waals surface area contributed by atoms with E-state index >= 15 is 0 Å². The molecule has 1 aromatic rings. The van der Waals surface area contributed by atoms with Crippen LogP contribution in [0.15, 0.2) is 12.1 Å². The van der Waals surface area contributed by atoms with Crippen LogP contribution in [0.4, 0.5) is 0 Å². The lowest BCUT2D eigenvalue weighted by atomic mass is 9.83. The van der Waals surface area contributed by atoms with Crippen molar-refractivity contribution in [3.05, 3.63) is 21.3 Å². The van der Waals surface area contributed by atoms with Crippen LogP contribution in [0.1, 0.15) is 24.6 Å². The third-order valence-electron chi connectivity index (χ3n) is 3.18. The zero-order valence-electron chi connectivity index (χ0n) is 9.24. The van der Waals surface area contributed by atoms with Crippen LogP contribution in [0.3, 0.4) is 0 Å². The molecule has 0 bridgehead atoms. The van der Waals surface area contributed by atoms with Gasteiger partial charge >= 0.3 is 0 Å². The maximum atomic E-state index is 5.93. The SMILES string of the molecule is CC(c1ccc(Cl)s1)C(C)C(CN)CN. The molecular formula is C11H19ClN2S. The van der Waals surface area contributed by atoms with Crippen molar-refractivity contribution in [2.24, 2.45) is 23.3 Å². The Morgan fingerprint density at radius 2 is 1.87 bits per heavy atom. The summed E-state index contributed by atoms with van der Waals surface area (Å²) in [5.41, 5.74) is 11.4. The summed E-state index contributed by atoms with van der Waals surface area (Å²) in [6.45, 7) is 5.73. The first-order valence-electron chi connectivity index (χ1n) is 5.25. The topological polar surface area (TPSA) is 52.0 Å². The van der Waals surface area contributed by atoms with Crippen molar-refractivity contribution in [2.75, 3.05) is 13.1 Å². The summed E-state index contributed by atoms with van der Waals surface area (Å²) >= 11 is 7.57. The molecule has 0 radical (unpaired) electrons. The highest BCUT2D eigenvalue weighted by atomic mass is 35.5. The normalized spacial score (nSPS) is 15.6. The van der Waals surface area contributed by atoms with Gasteiger partial charge in [0.2, 0.25) is 0 Å². The van der Waals surface area contributed by atoms with Gasteiger partial charge in [0, 0.05) is 4.88 Å². The summed E-state index contributed by atoms with van der Waals surface area (Å²) < 4.78 is 0.848. The first-order chi connectivity index (χ1) is 7.10. The zero-order chi connectivity index (χ0) is 11.4. The number of halogens is 1. The molecule has 0 spiro atoms. The number of hydrogen-bond donors (Lipinski definition) is 2. The van der Waals surface area contributed by atoms with E-state index in [2.05, 4.69) is 19.9 Å². The molecule has 0 amide bonds. The van der Waals surface area contributed by atoms with Crippen LogP contribution in [0.25, 0.3) is 0 Å². The summed E-state index contributed by atoms with van der Waals surface area (Å²) in [7, 11) is 0. The minimum absolute atomic E-state index is 0.390. The Balaban J connectivity index is 2.71. The molecule has 2 atom stereocenters. The van der Waals surface area contributed by atoms with E-state index in [0.29, 0.717) is 30.8 Å². The van der Waals surface area contributed by atoms with E-state index in [1.54, 1.807) is 11.3 Å². The fourth-order valence-corrected chi connectivity index (χ4v) is 2.99. The first kappa shape index (κ1) is 13.0. The molecule has 0 aliphatic carbocycles. The van der Waals surface area contributed by atoms with Crippen molar-refractivity contribution in [2.45, 2.75) is 19.8 Å². The zero-order valence-corrected chi connectivity index (χ0v) is 10.8. The third kappa shape index (κ3) is 3.18. The van der Waals surface area contributed by atoms with E-state index in [0.717, 1.165) is 4.34 Å². The minimum Gasteiger partial charge on any atom is -0.330 e. The average Bonchev–Trinajstić information content (AvgIpc) is 2.65. The molecule has 4 N–H and O–H groups in total. The molecule has 86 valence electrons. The molecule has 4 heteroatoms. The second-order valence-electron chi connectivity index (χ2n) is 4.02. The quantitative estimate of drug-likeness (QED) is 0.839. The van der Waals surface area contributed by atoms with Gasteiger partial charge in [0.25, 0.3) is 0 Å². The largest absolute Gasteiger partial charge is 0.330 e. The molecule has 1 heterocycles. The maximum Gasteiger partial charge on any atom is 0.0931 e. The standard InChI is InChI=1S/C11H19ClN2S/c1-7(9(5-13)6-14)8(2)10-3-4-11(12)15-10/h3-4,7-9H,5-6,13-14H2,1-2H3. The van der Waals surface area contributed by atoms with E-state index in [1.807, 2.05) is 6.07 Å². The lowest BCUT2D eigenvalue weighted by molar-refractivity contribution is 0.331. The molecule has 2 nitrogen and oxygen atoms in total. The Kier molecular flexibility index (Phi) is 5.06. The Labute approximate surface area is 101 Å². The highest BCUT2D eigenvalue weighted by molar-refractivity contribution is 7.16. The molecule has 0 fully saturated rings. The average molecular weight is 247 g/mol. The second-order valence-corrected chi connectivity index (χ2v) is 5.77. The molecule has 2 unspecified atom stereocenters. The Hall–Kier alpha value is -0.0900. The van der Waals surface area contributed by atoms with Crippen molar-refractivity contribution in [1.82, 2.24) is 0 Å². The predicted molar refractivity (Wildman–Crippen MR) is 68.5 cm³/mol. The molecule has 0 aliphatic heterocycles. The van der Waals surface area contributed by atoms with Crippen molar-refractivity contribution >= 4 is 22.9 Å². The Bertz CT molecular complexity index is 297. The van der Waals surface area contributed by atoms with E-state index in [1.165, 1.54) is 4.88 Å². The predicted octanol–water partition coefficient (Wildman–Crippen LogP) is 2.67. The van der Waals surface area contributed by atoms with Crippen molar-refractivity contribution in [1.29, 1.82) is 0 Å². The van der Waals surface area contributed by atoms with Gasteiger partial charge in [-0.25, -0.2) is 0 Å². The molecular weight excluding hydrogens is 228 g/mol. The van der Waals surface area contributed by atoms with Gasteiger partial charge < -0.3 is 11.5 Å². The van der Waals surface area contributed by atoms with Crippen LogP contribution in [0, 0.1) is 11.8 Å². The Morgan fingerprint density at radius 3 is 2.27 bits per heavy atom. The molecule has 1 aromatic heterocycles. The van der Waals surface area contributed by atoms with Crippen LogP contribution in [0.2, 0.25) is 4.34 Å². The Morgan fingerprint density at radius 1 is 1.27 bits per heavy atom. The van der Waals surface area contributed by atoms with Gasteiger partial charge in [-0.2, -0.15) is 0 Å². The van der Waals surface area contributed by atoms with E-state index in [4.69, 9.17) is 23.1 Å². The molecule has 0 aliphatic rings. The lowest BCUT2D eigenvalue weighted by Crippen LogP contribution is -2.31. The van der Waals surface area contributed by atoms with Crippen molar-refractivity contribution in [3.63, 3.8) is 0 Å². The van der Waals surface area contributed by atoms with Crippen LogP contribution in [-0.4, -0.2) is 13.1 Å². The van der Waals surface area contributed by atoms with E-state index < -0.39 is 0 Å². The van der Waals surface area contributed by atoms with E-state index in [-0.39, 0.29) is 0 Å². The summed E-state index contributed by atoms with van der Waals surface area (Å²) in [6.07, 6.45) is 0. The molecule has 15 heavy (non-hydrogen) atoms. The summed E-state index contributed by atoms with van der Waals surface area (Å²) in [5.74, 6) is 1.36. The van der Waals surface area contributed by atoms with Crippen LogP contribution < -0.4 is 11.5 Å². The van der Waals surface area contributed by atoms with Crippen LogP contribution >= 0.6 is 22.9 Å². The highest BCUT2D eigenvalue weighted by Gasteiger charge is 2.22. The smallest absolute Gasteiger partial charge is 0.0931 e. The van der Waals surface area contributed by atoms with Crippen molar-refractivity contribution in [3.8, 4) is 0 Å². The first-order valence-corrected chi connectivity index (χ1v) is 6.45. The summed E-state index contributed by atoms with van der Waals surface area (Å²) in [6, 6.07) is 4.04. The van der Waals surface area contributed by atoms with Gasteiger partial charge in [-0.15, -0.1) is 11.3 Å². The lowest BCUT2D eigenvalue weighted by Gasteiger charge is -2.26. The minimum atomic E-state index is 0.390. The number of rotatable bonds is 5. The van der Waals surface area contributed by atoms with Gasteiger partial charge in [0.05, 0.1) is 4.34 Å². The summed E-state index contributed by atoms with van der Waals surface area (Å²) in [5, 5.41) is 0.